The van der Waals surface area contributed by atoms with E-state index in [0.29, 0.717) is 36.5 Å². The molecule has 1 unspecified atom stereocenters. The van der Waals surface area contributed by atoms with Crippen molar-refractivity contribution in [3.8, 4) is 0 Å². The lowest BCUT2D eigenvalue weighted by atomic mass is 10.1. The molecule has 0 bridgehead atoms. The van der Waals surface area contributed by atoms with Gasteiger partial charge in [-0.3, -0.25) is 0 Å². The van der Waals surface area contributed by atoms with Gasteiger partial charge in [0.05, 0.1) is 10.6 Å². The highest BCUT2D eigenvalue weighted by atomic mass is 32.2. The van der Waals surface area contributed by atoms with Crippen molar-refractivity contribution in [1.29, 1.82) is 0 Å². The molecular formula is C23H22F3NO2S. The lowest BCUT2D eigenvalue weighted by molar-refractivity contribution is -0.132. The third-order valence-electron chi connectivity index (χ3n) is 4.78. The number of aryl methyl sites for hydroxylation is 1. The average Bonchev–Trinajstić information content (AvgIpc) is 2.71. The Bertz CT molecular complexity index is 973. The highest BCUT2D eigenvalue weighted by Gasteiger charge is 2.23. The number of aliphatic carboxylic acids is 1. The van der Waals surface area contributed by atoms with Gasteiger partial charge >= 0.3 is 5.97 Å². The molecule has 0 fully saturated rings. The number of carbonyl (C=O) groups is 1. The summed E-state index contributed by atoms with van der Waals surface area (Å²) in [7, 11) is 0. The fourth-order valence-corrected chi connectivity index (χ4v) is 4.37. The van der Waals surface area contributed by atoms with E-state index >= 15 is 0 Å². The Balaban J connectivity index is 1.72. The highest BCUT2D eigenvalue weighted by molar-refractivity contribution is 8.03. The van der Waals surface area contributed by atoms with Crippen molar-refractivity contribution in [1.82, 2.24) is 4.90 Å². The maximum Gasteiger partial charge on any atom is 0.338 e. The van der Waals surface area contributed by atoms with Crippen molar-refractivity contribution in [3.05, 3.63) is 93.8 Å². The monoisotopic (exact) mass is 433 g/mol. The molecule has 0 spiro atoms. The minimum Gasteiger partial charge on any atom is -0.478 e. The Morgan fingerprint density at radius 2 is 1.80 bits per heavy atom. The number of thioether (sulfide) groups is 1. The number of carboxylic acid groups (broad SMARTS) is 1. The first-order valence-corrected chi connectivity index (χ1v) is 10.5. The van der Waals surface area contributed by atoms with Crippen LogP contribution >= 0.6 is 11.8 Å². The van der Waals surface area contributed by atoms with Gasteiger partial charge in [-0.25, -0.2) is 18.0 Å². The lowest BCUT2D eigenvalue weighted by Gasteiger charge is -2.31. The van der Waals surface area contributed by atoms with E-state index in [1.165, 1.54) is 30.0 Å². The summed E-state index contributed by atoms with van der Waals surface area (Å²) in [5, 5.41) is 10.3. The normalized spacial score (nSPS) is 14.9. The maximum atomic E-state index is 13.4. The van der Waals surface area contributed by atoms with Crippen LogP contribution in [0, 0.1) is 17.5 Å². The van der Waals surface area contributed by atoms with Crippen LogP contribution in [0.15, 0.2) is 65.2 Å². The largest absolute Gasteiger partial charge is 0.478 e. The molecule has 0 aliphatic carbocycles. The van der Waals surface area contributed by atoms with E-state index in [4.69, 9.17) is 0 Å². The van der Waals surface area contributed by atoms with Crippen LogP contribution in [0.1, 0.15) is 24.5 Å². The Kier molecular flexibility index (Phi) is 7.26. The molecule has 158 valence electrons. The second-order valence-corrected chi connectivity index (χ2v) is 8.58. The first-order chi connectivity index (χ1) is 14.3. The van der Waals surface area contributed by atoms with Gasteiger partial charge in [0.15, 0.2) is 11.6 Å². The van der Waals surface area contributed by atoms with Gasteiger partial charge in [-0.1, -0.05) is 31.2 Å². The van der Waals surface area contributed by atoms with Crippen LogP contribution in [-0.4, -0.2) is 27.8 Å². The number of carboxylic acids is 1. The van der Waals surface area contributed by atoms with E-state index in [1.54, 1.807) is 30.4 Å². The molecule has 0 radical (unpaired) electrons. The smallest absolute Gasteiger partial charge is 0.338 e. The Morgan fingerprint density at radius 1 is 1.10 bits per heavy atom. The average molecular weight is 433 g/mol. The van der Waals surface area contributed by atoms with Crippen molar-refractivity contribution in [2.45, 2.75) is 31.6 Å². The van der Waals surface area contributed by atoms with Gasteiger partial charge in [0, 0.05) is 18.3 Å². The number of halogens is 3. The molecule has 3 rings (SSSR count). The van der Waals surface area contributed by atoms with Crippen LogP contribution in [0.3, 0.4) is 0 Å². The van der Waals surface area contributed by atoms with Crippen LogP contribution in [0.5, 0.6) is 0 Å². The molecule has 3 nitrogen and oxygen atoms in total. The van der Waals surface area contributed by atoms with Crippen molar-refractivity contribution < 1.29 is 23.1 Å². The van der Waals surface area contributed by atoms with Crippen molar-refractivity contribution in [3.63, 3.8) is 0 Å². The summed E-state index contributed by atoms with van der Waals surface area (Å²) in [6.45, 7) is 2.98. The zero-order valence-corrected chi connectivity index (χ0v) is 17.3. The zero-order valence-electron chi connectivity index (χ0n) is 16.4. The second-order valence-electron chi connectivity index (χ2n) is 7.15. The van der Waals surface area contributed by atoms with Crippen LogP contribution in [0.25, 0.3) is 0 Å². The minimum absolute atomic E-state index is 0.0460. The fourth-order valence-electron chi connectivity index (χ4n) is 3.18. The first kappa shape index (κ1) is 22.0. The van der Waals surface area contributed by atoms with E-state index in [1.807, 2.05) is 11.8 Å². The van der Waals surface area contributed by atoms with E-state index in [0.717, 1.165) is 11.6 Å². The molecular weight excluding hydrogens is 411 g/mol. The molecule has 0 amide bonds. The first-order valence-electron chi connectivity index (χ1n) is 9.57. The predicted molar refractivity (Wildman–Crippen MR) is 112 cm³/mol. The van der Waals surface area contributed by atoms with Crippen LogP contribution in [-0.2, 0) is 17.8 Å². The second kappa shape index (κ2) is 9.89. The molecule has 1 atom stereocenters. The van der Waals surface area contributed by atoms with Crippen LogP contribution < -0.4 is 0 Å². The molecule has 2 aromatic rings. The third-order valence-corrected chi connectivity index (χ3v) is 6.12. The van der Waals surface area contributed by atoms with E-state index in [-0.39, 0.29) is 16.6 Å². The number of benzene rings is 2. The number of nitrogens with zero attached hydrogens (tertiary/aromatic N) is 1. The van der Waals surface area contributed by atoms with E-state index in [2.05, 4.69) is 0 Å². The maximum absolute atomic E-state index is 13.4. The van der Waals surface area contributed by atoms with Gasteiger partial charge in [-0.15, -0.1) is 11.8 Å². The highest BCUT2D eigenvalue weighted by Crippen LogP contribution is 2.34. The molecule has 0 aromatic heterocycles. The summed E-state index contributed by atoms with van der Waals surface area (Å²) in [5.41, 5.74) is 1.79. The summed E-state index contributed by atoms with van der Waals surface area (Å²) < 4.78 is 39.7. The van der Waals surface area contributed by atoms with Crippen molar-refractivity contribution in [2.75, 3.05) is 6.54 Å². The molecule has 7 heteroatoms. The molecule has 30 heavy (non-hydrogen) atoms. The summed E-state index contributed by atoms with van der Waals surface area (Å²) in [5.74, 6) is -3.07. The SMILES string of the molecule is CC(CCc1ccc(F)c(F)c1)SC1=C(C(=O)O)C=CCN1Cc1ccc(F)cc1. The molecule has 0 saturated carbocycles. The fraction of sp³-hybridized carbons (Fsp3) is 0.261. The molecule has 0 saturated heterocycles. The zero-order chi connectivity index (χ0) is 21.7. The molecule has 1 heterocycles. The standard InChI is InChI=1S/C23H22F3NO2S/c1-15(4-5-16-8-11-20(25)21(26)13-16)30-22-19(23(28)29)3-2-12-27(22)14-17-6-9-18(24)10-7-17/h2-3,6-11,13,15H,4-5,12,14H2,1H3,(H,28,29). The molecule has 1 N–H and O–H groups in total. The Labute approximate surface area is 177 Å². The Morgan fingerprint density at radius 3 is 2.47 bits per heavy atom. The number of rotatable bonds is 8. The lowest BCUT2D eigenvalue weighted by Crippen LogP contribution is -2.27. The van der Waals surface area contributed by atoms with Crippen molar-refractivity contribution in [2.24, 2.45) is 0 Å². The third kappa shape index (κ3) is 5.69. The van der Waals surface area contributed by atoms with E-state index < -0.39 is 17.6 Å². The quantitative estimate of drug-likeness (QED) is 0.595. The predicted octanol–water partition coefficient (Wildman–Crippen LogP) is 5.53. The van der Waals surface area contributed by atoms with Gasteiger partial charge < -0.3 is 10.0 Å². The number of hydrogen-bond acceptors (Lipinski definition) is 3. The Hall–Kier alpha value is -2.67. The topological polar surface area (TPSA) is 40.5 Å². The minimum atomic E-state index is -1.01. The van der Waals surface area contributed by atoms with Gasteiger partial charge in [0.1, 0.15) is 5.82 Å². The van der Waals surface area contributed by atoms with Gasteiger partial charge in [-0.2, -0.15) is 0 Å². The summed E-state index contributed by atoms with van der Waals surface area (Å²) >= 11 is 1.45. The summed E-state index contributed by atoms with van der Waals surface area (Å²) in [6.07, 6.45) is 4.62. The molecule has 1 aliphatic rings. The van der Waals surface area contributed by atoms with Crippen LogP contribution in [0.4, 0.5) is 13.2 Å². The van der Waals surface area contributed by atoms with Gasteiger partial charge in [0.2, 0.25) is 0 Å². The molecule has 1 aliphatic heterocycles. The summed E-state index contributed by atoms with van der Waals surface area (Å²) in [4.78, 5) is 13.7. The number of hydrogen-bond donors (Lipinski definition) is 1. The van der Waals surface area contributed by atoms with Gasteiger partial charge in [0.25, 0.3) is 0 Å². The van der Waals surface area contributed by atoms with Crippen LogP contribution in [0.2, 0.25) is 0 Å². The van der Waals surface area contributed by atoms with Gasteiger partial charge in [-0.05, 0) is 54.3 Å². The molecule has 2 aromatic carbocycles. The van der Waals surface area contributed by atoms with E-state index in [9.17, 15) is 23.1 Å². The van der Waals surface area contributed by atoms with Crippen molar-refractivity contribution >= 4 is 17.7 Å². The summed E-state index contributed by atoms with van der Waals surface area (Å²) in [6, 6.07) is 10.00.